The molecule has 0 aliphatic carbocycles. The standard InChI is InChI=1S/C7H13N5S/c1-2-11(5-3-4-8)12-6-13-7(9)10-12/h2-3,5-6H2,1H3,(H2,9,10). The van der Waals surface area contributed by atoms with Crippen molar-refractivity contribution in [2.75, 3.05) is 19.0 Å². The summed E-state index contributed by atoms with van der Waals surface area (Å²) in [6.07, 6.45) is 0.518. The van der Waals surface area contributed by atoms with Crippen molar-refractivity contribution in [1.29, 1.82) is 5.26 Å². The van der Waals surface area contributed by atoms with E-state index in [1.807, 2.05) is 17.1 Å². The number of hydrazone groups is 1. The fourth-order valence-electron chi connectivity index (χ4n) is 1.06. The minimum absolute atomic E-state index is 0.518. The molecular formula is C7H13N5S. The Kier molecular flexibility index (Phi) is 3.86. The second-order valence-electron chi connectivity index (χ2n) is 2.54. The van der Waals surface area contributed by atoms with Crippen LogP contribution in [0.2, 0.25) is 0 Å². The predicted octanol–water partition coefficient (Wildman–Crippen LogP) is 0.373. The van der Waals surface area contributed by atoms with E-state index >= 15 is 0 Å². The minimum atomic E-state index is 0.518. The maximum absolute atomic E-state index is 8.44. The van der Waals surface area contributed by atoms with Gasteiger partial charge in [0.15, 0.2) is 5.17 Å². The smallest absolute Gasteiger partial charge is 0.181 e. The molecule has 0 saturated heterocycles. The summed E-state index contributed by atoms with van der Waals surface area (Å²) in [5.74, 6) is 0.755. The summed E-state index contributed by atoms with van der Waals surface area (Å²) in [6.45, 7) is 3.59. The summed E-state index contributed by atoms with van der Waals surface area (Å²) in [7, 11) is 0. The van der Waals surface area contributed by atoms with Gasteiger partial charge in [0.1, 0.15) is 5.88 Å². The Morgan fingerprint density at radius 3 is 3.08 bits per heavy atom. The normalized spacial score (nSPS) is 16.1. The molecule has 6 heteroatoms. The Balaban J connectivity index is 2.43. The van der Waals surface area contributed by atoms with Crippen LogP contribution in [0.1, 0.15) is 13.3 Å². The first-order chi connectivity index (χ1) is 6.27. The number of nitrogens with zero attached hydrogens (tertiary/aromatic N) is 4. The van der Waals surface area contributed by atoms with Crippen LogP contribution in [-0.2, 0) is 0 Å². The van der Waals surface area contributed by atoms with Gasteiger partial charge in [0.25, 0.3) is 0 Å². The van der Waals surface area contributed by atoms with Gasteiger partial charge in [-0.15, -0.1) is 5.10 Å². The molecule has 0 spiro atoms. The van der Waals surface area contributed by atoms with Crippen LogP contribution >= 0.6 is 11.8 Å². The molecule has 0 aromatic heterocycles. The van der Waals surface area contributed by atoms with Gasteiger partial charge in [-0.1, -0.05) is 18.7 Å². The van der Waals surface area contributed by atoms with Gasteiger partial charge in [-0.2, -0.15) is 5.26 Å². The Morgan fingerprint density at radius 2 is 2.62 bits per heavy atom. The number of hydrogen-bond acceptors (Lipinski definition) is 6. The number of nitrogens with two attached hydrogens (primary N) is 1. The highest BCUT2D eigenvalue weighted by Gasteiger charge is 2.17. The highest BCUT2D eigenvalue weighted by Crippen LogP contribution is 2.15. The van der Waals surface area contributed by atoms with E-state index in [1.165, 1.54) is 11.8 Å². The number of rotatable bonds is 4. The molecular weight excluding hydrogens is 186 g/mol. The van der Waals surface area contributed by atoms with Crippen molar-refractivity contribution in [2.45, 2.75) is 13.3 Å². The van der Waals surface area contributed by atoms with Crippen molar-refractivity contribution in [3.63, 3.8) is 0 Å². The lowest BCUT2D eigenvalue weighted by atomic mass is 10.4. The quantitative estimate of drug-likeness (QED) is 0.708. The molecule has 1 heterocycles. The third-order valence-corrected chi connectivity index (χ3v) is 2.45. The van der Waals surface area contributed by atoms with Crippen LogP contribution in [0.25, 0.3) is 0 Å². The number of nitriles is 1. The van der Waals surface area contributed by atoms with Crippen LogP contribution in [0, 0.1) is 11.3 Å². The van der Waals surface area contributed by atoms with E-state index in [1.54, 1.807) is 0 Å². The molecule has 72 valence electrons. The second kappa shape index (κ2) is 4.94. The Bertz CT molecular complexity index is 234. The van der Waals surface area contributed by atoms with E-state index in [9.17, 15) is 0 Å². The topological polar surface area (TPSA) is 68.7 Å². The van der Waals surface area contributed by atoms with Gasteiger partial charge in [0.2, 0.25) is 0 Å². The molecule has 13 heavy (non-hydrogen) atoms. The molecule has 0 radical (unpaired) electrons. The summed E-state index contributed by atoms with van der Waals surface area (Å²) < 4.78 is 0. The molecule has 5 nitrogen and oxygen atoms in total. The lowest BCUT2D eigenvalue weighted by molar-refractivity contribution is 0.00523. The number of hydrogen-bond donors (Lipinski definition) is 1. The van der Waals surface area contributed by atoms with Crippen molar-refractivity contribution in [1.82, 2.24) is 10.1 Å². The molecule has 0 aromatic rings. The molecule has 2 N–H and O–H groups in total. The molecule has 1 rings (SSSR count). The van der Waals surface area contributed by atoms with Crippen LogP contribution in [0.15, 0.2) is 5.10 Å². The average Bonchev–Trinajstić information content (AvgIpc) is 2.54. The minimum Gasteiger partial charge on any atom is -0.377 e. The van der Waals surface area contributed by atoms with Gasteiger partial charge < -0.3 is 5.73 Å². The van der Waals surface area contributed by atoms with Gasteiger partial charge in [0.05, 0.1) is 6.07 Å². The first kappa shape index (κ1) is 10.2. The zero-order valence-electron chi connectivity index (χ0n) is 7.60. The van der Waals surface area contributed by atoms with Crippen LogP contribution in [0.5, 0.6) is 0 Å². The largest absolute Gasteiger partial charge is 0.377 e. The molecule has 0 saturated carbocycles. The van der Waals surface area contributed by atoms with Crippen LogP contribution in [-0.4, -0.2) is 34.3 Å². The van der Waals surface area contributed by atoms with Crippen molar-refractivity contribution in [3.8, 4) is 6.07 Å². The summed E-state index contributed by atoms with van der Waals surface area (Å²) in [6, 6.07) is 2.11. The third-order valence-electron chi connectivity index (χ3n) is 1.72. The first-order valence-electron chi connectivity index (χ1n) is 4.14. The summed E-state index contributed by atoms with van der Waals surface area (Å²) in [5.41, 5.74) is 5.53. The van der Waals surface area contributed by atoms with Crippen LogP contribution in [0.3, 0.4) is 0 Å². The van der Waals surface area contributed by atoms with E-state index in [-0.39, 0.29) is 0 Å². The van der Waals surface area contributed by atoms with Gasteiger partial charge >= 0.3 is 0 Å². The summed E-state index contributed by atoms with van der Waals surface area (Å²) in [4.78, 5) is 0. The van der Waals surface area contributed by atoms with Crippen molar-refractivity contribution in [3.05, 3.63) is 0 Å². The fraction of sp³-hybridized carbons (Fsp3) is 0.714. The molecule has 0 fully saturated rings. The van der Waals surface area contributed by atoms with Crippen LogP contribution < -0.4 is 5.73 Å². The number of hydrazine groups is 1. The van der Waals surface area contributed by atoms with Gasteiger partial charge in [-0.05, 0) is 0 Å². The maximum Gasteiger partial charge on any atom is 0.181 e. The van der Waals surface area contributed by atoms with E-state index in [4.69, 9.17) is 11.0 Å². The highest BCUT2D eigenvalue weighted by atomic mass is 32.2. The monoisotopic (exact) mass is 199 g/mol. The zero-order valence-corrected chi connectivity index (χ0v) is 8.42. The SMILES string of the molecule is CCN(CCC#N)N1CSC(N)=N1. The van der Waals surface area contributed by atoms with Gasteiger partial charge in [-0.25, -0.2) is 10.1 Å². The Morgan fingerprint density at radius 1 is 1.85 bits per heavy atom. The van der Waals surface area contributed by atoms with Crippen molar-refractivity contribution < 1.29 is 0 Å². The second-order valence-corrected chi connectivity index (χ2v) is 3.50. The van der Waals surface area contributed by atoms with Crippen LogP contribution in [0.4, 0.5) is 0 Å². The predicted molar refractivity (Wildman–Crippen MR) is 53.4 cm³/mol. The summed E-state index contributed by atoms with van der Waals surface area (Å²) >= 11 is 1.51. The number of amidine groups is 1. The zero-order chi connectivity index (χ0) is 9.68. The van der Waals surface area contributed by atoms with E-state index in [0.717, 1.165) is 12.4 Å². The first-order valence-corrected chi connectivity index (χ1v) is 5.12. The van der Waals surface area contributed by atoms with E-state index in [0.29, 0.717) is 18.1 Å². The fourth-order valence-corrected chi connectivity index (χ4v) is 1.68. The highest BCUT2D eigenvalue weighted by molar-refractivity contribution is 8.13. The molecule has 0 atom stereocenters. The molecule has 0 amide bonds. The molecule has 1 aliphatic rings. The van der Waals surface area contributed by atoms with Gasteiger partial charge in [-0.3, -0.25) is 0 Å². The van der Waals surface area contributed by atoms with E-state index in [2.05, 4.69) is 11.2 Å². The lowest BCUT2D eigenvalue weighted by Gasteiger charge is -2.27. The molecule has 0 aromatic carbocycles. The third kappa shape index (κ3) is 2.79. The number of thioether (sulfide) groups is 1. The van der Waals surface area contributed by atoms with Crippen molar-refractivity contribution in [2.24, 2.45) is 10.8 Å². The van der Waals surface area contributed by atoms with E-state index < -0.39 is 0 Å². The van der Waals surface area contributed by atoms with Gasteiger partial charge in [0, 0.05) is 19.5 Å². The summed E-state index contributed by atoms with van der Waals surface area (Å²) in [5, 5.41) is 17.0. The van der Waals surface area contributed by atoms with Crippen molar-refractivity contribution >= 4 is 16.9 Å². The Labute approximate surface area is 82.1 Å². The Hall–Kier alpha value is -0.930. The molecule has 0 unspecified atom stereocenters. The molecule has 0 bridgehead atoms. The average molecular weight is 199 g/mol. The molecule has 1 aliphatic heterocycles. The maximum atomic E-state index is 8.44. The lowest BCUT2D eigenvalue weighted by Crippen LogP contribution is -2.37.